The first-order valence-electron chi connectivity index (χ1n) is 5.54. The molecule has 1 heterocycles. The van der Waals surface area contributed by atoms with Crippen molar-refractivity contribution in [1.29, 1.82) is 5.26 Å². The van der Waals surface area contributed by atoms with Gasteiger partial charge in [0.1, 0.15) is 6.07 Å². The van der Waals surface area contributed by atoms with Gasteiger partial charge in [-0.2, -0.15) is 5.26 Å². The van der Waals surface area contributed by atoms with E-state index in [1.165, 1.54) is 12.1 Å². The molecule has 1 fully saturated rings. The molecule has 18 heavy (non-hydrogen) atoms. The molecule has 2 amide bonds. The normalized spacial score (nSPS) is 17.9. The number of carbonyl (C=O) groups excluding carboxylic acids is 2. The molecule has 5 heteroatoms. The van der Waals surface area contributed by atoms with Crippen molar-refractivity contribution in [3.63, 3.8) is 0 Å². The quantitative estimate of drug-likeness (QED) is 0.597. The van der Waals surface area contributed by atoms with Crippen LogP contribution in [0.25, 0.3) is 0 Å². The summed E-state index contributed by atoms with van der Waals surface area (Å²) in [7, 11) is 0. The van der Waals surface area contributed by atoms with Crippen molar-refractivity contribution >= 4 is 23.2 Å². The van der Waals surface area contributed by atoms with Crippen molar-refractivity contribution in [2.24, 2.45) is 5.41 Å². The number of benzene rings is 1. The van der Waals surface area contributed by atoms with Crippen LogP contribution in [0.1, 0.15) is 25.8 Å². The van der Waals surface area contributed by atoms with Gasteiger partial charge in [0.2, 0.25) is 11.8 Å². The summed E-state index contributed by atoms with van der Waals surface area (Å²) >= 11 is 0. The Bertz CT molecular complexity index is 584. The van der Waals surface area contributed by atoms with Gasteiger partial charge < -0.3 is 5.73 Å². The number of nitrogens with two attached hydrogens (primary N) is 1. The SMILES string of the molecule is CC1(C)CC(=O)N(c2ccc(N)cc2C#N)C1=O. The first-order chi connectivity index (χ1) is 8.36. The van der Waals surface area contributed by atoms with Gasteiger partial charge in [-0.15, -0.1) is 0 Å². The Morgan fingerprint density at radius 1 is 1.39 bits per heavy atom. The molecular formula is C13H13N3O2. The molecule has 0 aliphatic carbocycles. The predicted octanol–water partition coefficient (Wildman–Crippen LogP) is 1.43. The van der Waals surface area contributed by atoms with Crippen LogP contribution in [-0.2, 0) is 9.59 Å². The largest absolute Gasteiger partial charge is 0.399 e. The maximum Gasteiger partial charge on any atom is 0.239 e. The zero-order chi connectivity index (χ0) is 13.5. The highest BCUT2D eigenvalue weighted by atomic mass is 16.2. The molecule has 0 unspecified atom stereocenters. The van der Waals surface area contributed by atoms with Crippen LogP contribution < -0.4 is 10.6 Å². The highest BCUT2D eigenvalue weighted by molar-refractivity contribution is 6.22. The van der Waals surface area contributed by atoms with Crippen LogP contribution in [0.15, 0.2) is 18.2 Å². The van der Waals surface area contributed by atoms with Crippen molar-refractivity contribution < 1.29 is 9.59 Å². The Balaban J connectivity index is 2.54. The molecular weight excluding hydrogens is 230 g/mol. The maximum absolute atomic E-state index is 12.2. The topological polar surface area (TPSA) is 87.2 Å². The van der Waals surface area contributed by atoms with Crippen LogP contribution in [0, 0.1) is 16.7 Å². The van der Waals surface area contributed by atoms with Crippen LogP contribution in [0.4, 0.5) is 11.4 Å². The highest BCUT2D eigenvalue weighted by Gasteiger charge is 2.46. The highest BCUT2D eigenvalue weighted by Crippen LogP contribution is 2.36. The van der Waals surface area contributed by atoms with Gasteiger partial charge in [-0.05, 0) is 18.2 Å². The first kappa shape index (κ1) is 12.1. The number of nitrogens with zero attached hydrogens (tertiary/aromatic N) is 2. The number of imide groups is 1. The van der Waals surface area contributed by atoms with Gasteiger partial charge in [-0.1, -0.05) is 13.8 Å². The van der Waals surface area contributed by atoms with Crippen molar-refractivity contribution in [3.05, 3.63) is 23.8 Å². The molecule has 0 saturated carbocycles. The second kappa shape index (κ2) is 3.84. The molecule has 0 bridgehead atoms. The molecule has 1 aliphatic heterocycles. The smallest absolute Gasteiger partial charge is 0.239 e. The number of hydrogen-bond donors (Lipinski definition) is 1. The molecule has 5 nitrogen and oxygen atoms in total. The summed E-state index contributed by atoms with van der Waals surface area (Å²) in [5, 5.41) is 9.05. The molecule has 0 spiro atoms. The molecule has 1 saturated heterocycles. The third-order valence-electron chi connectivity index (χ3n) is 3.01. The minimum absolute atomic E-state index is 0.154. The fourth-order valence-electron chi connectivity index (χ4n) is 2.03. The number of nitrogen functional groups attached to an aromatic ring is 1. The summed E-state index contributed by atoms with van der Waals surface area (Å²) in [4.78, 5) is 25.2. The Labute approximate surface area is 105 Å². The number of hydrogen-bond acceptors (Lipinski definition) is 4. The fourth-order valence-corrected chi connectivity index (χ4v) is 2.03. The van der Waals surface area contributed by atoms with Gasteiger partial charge in [-0.25, -0.2) is 4.90 Å². The molecule has 2 N–H and O–H groups in total. The number of anilines is 2. The molecule has 1 aromatic rings. The summed E-state index contributed by atoms with van der Waals surface area (Å²) in [5.74, 6) is -0.569. The third-order valence-corrected chi connectivity index (χ3v) is 3.01. The third kappa shape index (κ3) is 1.72. The van der Waals surface area contributed by atoms with Crippen molar-refractivity contribution in [1.82, 2.24) is 0 Å². The summed E-state index contributed by atoms with van der Waals surface area (Å²) in [6.07, 6.45) is 0.154. The van der Waals surface area contributed by atoms with E-state index in [1.54, 1.807) is 19.9 Å². The van der Waals surface area contributed by atoms with Gasteiger partial charge in [0.05, 0.1) is 16.7 Å². The summed E-state index contributed by atoms with van der Waals surface area (Å²) in [5.41, 5.74) is 5.84. The molecule has 1 aliphatic rings. The molecule has 0 aromatic heterocycles. The zero-order valence-corrected chi connectivity index (χ0v) is 10.2. The molecule has 92 valence electrons. The summed E-state index contributed by atoms with van der Waals surface area (Å²) in [6, 6.07) is 6.52. The van der Waals surface area contributed by atoms with E-state index >= 15 is 0 Å². The van der Waals surface area contributed by atoms with Crippen LogP contribution in [0.5, 0.6) is 0 Å². The Kier molecular flexibility index (Phi) is 2.59. The van der Waals surface area contributed by atoms with E-state index in [-0.39, 0.29) is 23.8 Å². The predicted molar refractivity (Wildman–Crippen MR) is 66.5 cm³/mol. The lowest BCUT2D eigenvalue weighted by molar-refractivity contribution is -0.124. The van der Waals surface area contributed by atoms with Crippen LogP contribution >= 0.6 is 0 Å². The van der Waals surface area contributed by atoms with Gasteiger partial charge in [-0.3, -0.25) is 9.59 Å². The Morgan fingerprint density at radius 2 is 2.06 bits per heavy atom. The molecule has 0 radical (unpaired) electrons. The molecule has 0 atom stereocenters. The second-order valence-corrected chi connectivity index (χ2v) is 4.98. The van der Waals surface area contributed by atoms with E-state index in [4.69, 9.17) is 11.0 Å². The average molecular weight is 243 g/mol. The van der Waals surface area contributed by atoms with Crippen molar-refractivity contribution in [3.8, 4) is 6.07 Å². The van der Waals surface area contributed by atoms with Gasteiger partial charge >= 0.3 is 0 Å². The van der Waals surface area contributed by atoms with Gasteiger partial charge in [0, 0.05) is 12.1 Å². The van der Waals surface area contributed by atoms with Crippen LogP contribution in [-0.4, -0.2) is 11.8 Å². The van der Waals surface area contributed by atoms with Crippen molar-refractivity contribution in [2.75, 3.05) is 10.6 Å². The second-order valence-electron chi connectivity index (χ2n) is 4.98. The lowest BCUT2D eigenvalue weighted by Gasteiger charge is -2.18. The van der Waals surface area contributed by atoms with Gasteiger partial charge in [0.25, 0.3) is 0 Å². The number of carbonyl (C=O) groups is 2. The average Bonchev–Trinajstić information content (AvgIpc) is 2.49. The van der Waals surface area contributed by atoms with Crippen LogP contribution in [0.2, 0.25) is 0 Å². The number of amides is 2. The standard InChI is InChI=1S/C13H13N3O2/c1-13(2)6-11(17)16(12(13)18)10-4-3-9(15)5-8(10)7-14/h3-5H,6,15H2,1-2H3. The lowest BCUT2D eigenvalue weighted by atomic mass is 9.92. The van der Waals surface area contributed by atoms with E-state index in [9.17, 15) is 9.59 Å². The van der Waals surface area contributed by atoms with E-state index in [2.05, 4.69) is 0 Å². The minimum atomic E-state index is -0.717. The number of nitriles is 1. The number of rotatable bonds is 1. The van der Waals surface area contributed by atoms with Crippen LogP contribution in [0.3, 0.4) is 0 Å². The Morgan fingerprint density at radius 3 is 2.56 bits per heavy atom. The van der Waals surface area contributed by atoms with E-state index < -0.39 is 5.41 Å². The summed E-state index contributed by atoms with van der Waals surface area (Å²) < 4.78 is 0. The van der Waals surface area contributed by atoms with E-state index in [0.717, 1.165) is 4.90 Å². The lowest BCUT2D eigenvalue weighted by Crippen LogP contribution is -2.33. The summed E-state index contributed by atoms with van der Waals surface area (Å²) in [6.45, 7) is 3.44. The first-order valence-corrected chi connectivity index (χ1v) is 5.54. The van der Waals surface area contributed by atoms with E-state index in [1.807, 2.05) is 6.07 Å². The zero-order valence-electron chi connectivity index (χ0n) is 10.2. The van der Waals surface area contributed by atoms with Crippen molar-refractivity contribution in [2.45, 2.75) is 20.3 Å². The minimum Gasteiger partial charge on any atom is -0.399 e. The fraction of sp³-hybridized carbons (Fsp3) is 0.308. The monoisotopic (exact) mass is 243 g/mol. The Hall–Kier alpha value is -2.35. The van der Waals surface area contributed by atoms with E-state index in [0.29, 0.717) is 11.4 Å². The maximum atomic E-state index is 12.2. The molecule has 1 aromatic carbocycles. The van der Waals surface area contributed by atoms with Gasteiger partial charge in [0.15, 0.2) is 0 Å². The molecule has 2 rings (SSSR count).